The van der Waals surface area contributed by atoms with Crippen LogP contribution in [-0.2, 0) is 10.2 Å². The molecule has 1 aliphatic heterocycles. The summed E-state index contributed by atoms with van der Waals surface area (Å²) in [6.07, 6.45) is 1.43. The molecule has 0 saturated carbocycles. The summed E-state index contributed by atoms with van der Waals surface area (Å²) in [5.41, 5.74) is 2.73. The van der Waals surface area contributed by atoms with Crippen molar-refractivity contribution in [2.45, 2.75) is 46.0 Å². The van der Waals surface area contributed by atoms with Crippen LogP contribution in [0.25, 0.3) is 0 Å². The Labute approximate surface area is 172 Å². The maximum absolute atomic E-state index is 14.2. The van der Waals surface area contributed by atoms with Crippen LogP contribution >= 0.6 is 0 Å². The van der Waals surface area contributed by atoms with Gasteiger partial charge in [0.1, 0.15) is 5.82 Å². The molecule has 1 atom stereocenters. The van der Waals surface area contributed by atoms with Crippen LogP contribution in [-0.4, -0.2) is 29.8 Å². The molecule has 1 heterocycles. The van der Waals surface area contributed by atoms with Gasteiger partial charge in [-0.25, -0.2) is 4.39 Å². The molecular formula is C24H29FN2O2. The minimum absolute atomic E-state index is 0.00704. The summed E-state index contributed by atoms with van der Waals surface area (Å²) < 4.78 is 14.2. The Kier molecular flexibility index (Phi) is 6.06. The molecule has 2 aromatic rings. The third-order valence-corrected chi connectivity index (χ3v) is 5.43. The monoisotopic (exact) mass is 396 g/mol. The van der Waals surface area contributed by atoms with E-state index in [4.69, 9.17) is 0 Å². The highest BCUT2D eigenvalue weighted by Gasteiger charge is 2.30. The van der Waals surface area contributed by atoms with E-state index in [2.05, 4.69) is 26.1 Å². The molecule has 0 spiro atoms. The minimum atomic E-state index is -0.513. The molecule has 29 heavy (non-hydrogen) atoms. The number of benzene rings is 2. The molecule has 0 aliphatic carbocycles. The van der Waals surface area contributed by atoms with Crippen LogP contribution in [0.15, 0.2) is 42.5 Å². The fourth-order valence-corrected chi connectivity index (χ4v) is 3.65. The molecule has 5 heteroatoms. The van der Waals surface area contributed by atoms with Gasteiger partial charge in [0.05, 0.1) is 11.5 Å². The standard InChI is InChI=1S/C24H29FN2O2/c1-16-10-11-20(21(25)13-16)23(29)27-12-6-7-17(15-27)22(28)26-19-9-5-8-18(14-19)24(2,3)4/h5,8-11,13-14,17H,6-7,12,15H2,1-4H3,(H,26,28)/t17-/m0/s1. The highest BCUT2D eigenvalue weighted by molar-refractivity contribution is 5.96. The van der Waals surface area contributed by atoms with E-state index in [0.29, 0.717) is 19.5 Å². The predicted molar refractivity (Wildman–Crippen MR) is 114 cm³/mol. The molecule has 1 aliphatic rings. The Bertz CT molecular complexity index is 917. The van der Waals surface area contributed by atoms with E-state index in [1.807, 2.05) is 24.3 Å². The van der Waals surface area contributed by atoms with Crippen molar-refractivity contribution in [2.75, 3.05) is 18.4 Å². The van der Waals surface area contributed by atoms with Crippen molar-refractivity contribution in [1.29, 1.82) is 0 Å². The zero-order chi connectivity index (χ0) is 21.2. The molecule has 1 fully saturated rings. The number of hydrogen-bond donors (Lipinski definition) is 1. The van der Waals surface area contributed by atoms with Gasteiger partial charge in [-0.05, 0) is 60.6 Å². The van der Waals surface area contributed by atoms with Crippen LogP contribution in [0.4, 0.5) is 10.1 Å². The van der Waals surface area contributed by atoms with Crippen molar-refractivity contribution < 1.29 is 14.0 Å². The van der Waals surface area contributed by atoms with E-state index in [1.54, 1.807) is 17.9 Å². The third kappa shape index (κ3) is 5.03. The molecule has 154 valence electrons. The molecule has 0 radical (unpaired) electrons. The first-order valence-corrected chi connectivity index (χ1v) is 10.1. The predicted octanol–water partition coefficient (Wildman–Crippen LogP) is 4.92. The Morgan fingerprint density at radius 2 is 1.90 bits per heavy atom. The van der Waals surface area contributed by atoms with Crippen LogP contribution in [0.2, 0.25) is 0 Å². The highest BCUT2D eigenvalue weighted by Crippen LogP contribution is 2.26. The van der Waals surface area contributed by atoms with Crippen molar-refractivity contribution >= 4 is 17.5 Å². The second-order valence-electron chi connectivity index (χ2n) is 8.89. The fourth-order valence-electron chi connectivity index (χ4n) is 3.65. The Morgan fingerprint density at radius 1 is 1.14 bits per heavy atom. The number of piperidine rings is 1. The third-order valence-electron chi connectivity index (χ3n) is 5.43. The summed E-state index contributed by atoms with van der Waals surface area (Å²) >= 11 is 0. The number of hydrogen-bond acceptors (Lipinski definition) is 2. The Hall–Kier alpha value is -2.69. The zero-order valence-corrected chi connectivity index (χ0v) is 17.6. The van der Waals surface area contributed by atoms with Crippen LogP contribution < -0.4 is 5.32 Å². The SMILES string of the molecule is Cc1ccc(C(=O)N2CCC[C@H](C(=O)Nc3cccc(C(C)(C)C)c3)C2)c(F)c1. The molecule has 3 rings (SSSR count). The summed E-state index contributed by atoms with van der Waals surface area (Å²) in [7, 11) is 0. The lowest BCUT2D eigenvalue weighted by molar-refractivity contribution is -0.121. The molecule has 0 bridgehead atoms. The fraction of sp³-hybridized carbons (Fsp3) is 0.417. The summed E-state index contributed by atoms with van der Waals surface area (Å²) in [5.74, 6) is -1.27. The van der Waals surface area contributed by atoms with Crippen LogP contribution in [0.1, 0.15) is 55.1 Å². The van der Waals surface area contributed by atoms with Gasteiger partial charge in [0, 0.05) is 18.8 Å². The van der Waals surface area contributed by atoms with Crippen LogP contribution in [0.5, 0.6) is 0 Å². The second-order valence-corrected chi connectivity index (χ2v) is 8.89. The largest absolute Gasteiger partial charge is 0.338 e. The number of carbonyl (C=O) groups excluding carboxylic acids is 2. The van der Waals surface area contributed by atoms with E-state index in [-0.39, 0.29) is 28.7 Å². The first kappa shape index (κ1) is 21.0. The number of likely N-dealkylation sites (tertiary alicyclic amines) is 1. The van der Waals surface area contributed by atoms with Gasteiger partial charge in [-0.15, -0.1) is 0 Å². The molecular weight excluding hydrogens is 367 g/mol. The summed E-state index contributed by atoms with van der Waals surface area (Å²) in [6, 6.07) is 12.5. The number of amides is 2. The van der Waals surface area contributed by atoms with Crippen LogP contribution in [0, 0.1) is 18.7 Å². The van der Waals surface area contributed by atoms with Gasteiger partial charge in [0.2, 0.25) is 5.91 Å². The smallest absolute Gasteiger partial charge is 0.256 e. The van der Waals surface area contributed by atoms with Gasteiger partial charge in [-0.1, -0.05) is 39.0 Å². The van der Waals surface area contributed by atoms with Crippen molar-refractivity contribution in [3.8, 4) is 0 Å². The lowest BCUT2D eigenvalue weighted by atomic mass is 9.87. The van der Waals surface area contributed by atoms with Crippen molar-refractivity contribution in [2.24, 2.45) is 5.92 Å². The Morgan fingerprint density at radius 3 is 2.59 bits per heavy atom. The number of carbonyl (C=O) groups is 2. The quantitative estimate of drug-likeness (QED) is 0.800. The average Bonchev–Trinajstić information content (AvgIpc) is 2.67. The molecule has 0 unspecified atom stereocenters. The molecule has 1 saturated heterocycles. The van der Waals surface area contributed by atoms with E-state index >= 15 is 0 Å². The molecule has 4 nitrogen and oxygen atoms in total. The highest BCUT2D eigenvalue weighted by atomic mass is 19.1. The summed E-state index contributed by atoms with van der Waals surface area (Å²) in [4.78, 5) is 27.2. The number of aryl methyl sites for hydroxylation is 1. The number of rotatable bonds is 3. The maximum atomic E-state index is 14.2. The van der Waals surface area contributed by atoms with Gasteiger partial charge in [-0.2, -0.15) is 0 Å². The minimum Gasteiger partial charge on any atom is -0.338 e. The van der Waals surface area contributed by atoms with Gasteiger partial charge in [0.25, 0.3) is 5.91 Å². The van der Waals surface area contributed by atoms with Gasteiger partial charge in [0.15, 0.2) is 0 Å². The first-order chi connectivity index (χ1) is 13.6. The van der Waals surface area contributed by atoms with Crippen molar-refractivity contribution in [1.82, 2.24) is 4.90 Å². The topological polar surface area (TPSA) is 49.4 Å². The number of halogens is 1. The number of anilines is 1. The van der Waals surface area contributed by atoms with Gasteiger partial charge in [-0.3, -0.25) is 9.59 Å². The molecule has 0 aromatic heterocycles. The van der Waals surface area contributed by atoms with E-state index in [9.17, 15) is 14.0 Å². The summed E-state index contributed by atoms with van der Waals surface area (Å²) in [6.45, 7) is 9.01. The second kappa shape index (κ2) is 8.36. The van der Waals surface area contributed by atoms with Gasteiger partial charge >= 0.3 is 0 Å². The maximum Gasteiger partial charge on any atom is 0.256 e. The van der Waals surface area contributed by atoms with Crippen LogP contribution in [0.3, 0.4) is 0 Å². The van der Waals surface area contributed by atoms with E-state index in [0.717, 1.165) is 23.2 Å². The normalized spacial score (nSPS) is 17.1. The van der Waals surface area contributed by atoms with Crippen molar-refractivity contribution in [3.63, 3.8) is 0 Å². The number of nitrogens with zero attached hydrogens (tertiary/aromatic N) is 1. The molecule has 2 amide bonds. The summed E-state index contributed by atoms with van der Waals surface area (Å²) in [5, 5.41) is 2.99. The van der Waals surface area contributed by atoms with Crippen molar-refractivity contribution in [3.05, 3.63) is 65.0 Å². The molecule has 2 aromatic carbocycles. The zero-order valence-electron chi connectivity index (χ0n) is 17.6. The Balaban J connectivity index is 1.69. The first-order valence-electron chi connectivity index (χ1n) is 10.1. The van der Waals surface area contributed by atoms with E-state index < -0.39 is 5.82 Å². The number of nitrogens with one attached hydrogen (secondary N) is 1. The molecule has 1 N–H and O–H groups in total. The lowest BCUT2D eigenvalue weighted by Gasteiger charge is -2.32. The van der Waals surface area contributed by atoms with Gasteiger partial charge < -0.3 is 10.2 Å². The lowest BCUT2D eigenvalue weighted by Crippen LogP contribution is -2.44. The van der Waals surface area contributed by atoms with E-state index in [1.165, 1.54) is 12.1 Å². The average molecular weight is 397 g/mol.